The van der Waals surface area contributed by atoms with Crippen molar-refractivity contribution in [2.24, 2.45) is 0 Å². The summed E-state index contributed by atoms with van der Waals surface area (Å²) in [6.45, 7) is 5.06. The van der Waals surface area contributed by atoms with Crippen LogP contribution in [0.4, 0.5) is 0 Å². The van der Waals surface area contributed by atoms with Crippen LogP contribution in [0.5, 0.6) is 0 Å². The number of amides is 1. The van der Waals surface area contributed by atoms with E-state index < -0.39 is 23.0 Å². The number of carboxylic acid groups (broad SMARTS) is 1. The number of nitrogens with zero attached hydrogens (tertiary/aromatic N) is 2. The number of aliphatic hydroxyl groups excluding tert-OH is 1. The number of fused-ring (bicyclic) bond motifs is 1. The molecule has 1 unspecified atom stereocenters. The quantitative estimate of drug-likeness (QED) is 0.592. The molecule has 2 rings (SSSR count). The van der Waals surface area contributed by atoms with Crippen LogP contribution in [-0.4, -0.2) is 50.7 Å². The van der Waals surface area contributed by atoms with Crippen molar-refractivity contribution in [3.8, 4) is 0 Å². The molecule has 2 aliphatic rings. The van der Waals surface area contributed by atoms with Gasteiger partial charge in [-0.25, -0.2) is 9.80 Å². The summed E-state index contributed by atoms with van der Waals surface area (Å²) in [5, 5.41) is 22.8. The summed E-state index contributed by atoms with van der Waals surface area (Å²) < 4.78 is 0. The van der Waals surface area contributed by atoms with Crippen LogP contribution >= 0.6 is 0 Å². The molecule has 2 aliphatic heterocycles. The number of unbranched alkanes of at least 4 members (excludes halogenated alkanes) is 2. The van der Waals surface area contributed by atoms with Crippen molar-refractivity contribution in [3.05, 3.63) is 11.3 Å². The molecule has 2 heterocycles. The van der Waals surface area contributed by atoms with E-state index in [-0.39, 0.29) is 5.76 Å². The number of carbonyl (C=O) groups is 2. The van der Waals surface area contributed by atoms with Gasteiger partial charge in [-0.05, 0) is 26.2 Å². The normalized spacial score (nSPS) is 27.1. The minimum atomic E-state index is -1.35. The van der Waals surface area contributed by atoms with E-state index in [1.165, 1.54) is 5.01 Å². The Hall–Kier alpha value is -1.56. The van der Waals surface area contributed by atoms with E-state index >= 15 is 0 Å². The van der Waals surface area contributed by atoms with Gasteiger partial charge in [-0.3, -0.25) is 9.80 Å². The maximum absolute atomic E-state index is 12.3. The second kappa shape index (κ2) is 5.44. The van der Waals surface area contributed by atoms with Crippen LogP contribution in [0.3, 0.4) is 0 Å². The molecule has 20 heavy (non-hydrogen) atoms. The topological polar surface area (TPSA) is 81.1 Å². The van der Waals surface area contributed by atoms with Crippen LogP contribution in [-0.2, 0) is 9.59 Å². The van der Waals surface area contributed by atoms with E-state index in [0.717, 1.165) is 25.7 Å². The summed E-state index contributed by atoms with van der Waals surface area (Å²) in [6.07, 6.45) is 4.36. The third-order valence-corrected chi connectivity index (χ3v) is 4.28. The number of hydrogen-bond acceptors (Lipinski definition) is 4. The SMILES string of the molecule is CCCCCN1C(=O)C(C(=O)O)=C(O)C2(C)CCCN12. The Morgan fingerprint density at radius 1 is 1.40 bits per heavy atom. The number of aliphatic hydroxyl groups is 1. The van der Waals surface area contributed by atoms with Crippen molar-refractivity contribution < 1.29 is 19.8 Å². The lowest BCUT2D eigenvalue weighted by molar-refractivity contribution is -0.161. The van der Waals surface area contributed by atoms with Gasteiger partial charge < -0.3 is 10.2 Å². The van der Waals surface area contributed by atoms with E-state index in [9.17, 15) is 19.8 Å². The van der Waals surface area contributed by atoms with Crippen LogP contribution in [0.1, 0.15) is 46.0 Å². The summed E-state index contributed by atoms with van der Waals surface area (Å²) >= 11 is 0. The minimum absolute atomic E-state index is 0.292. The average molecular weight is 282 g/mol. The van der Waals surface area contributed by atoms with Crippen molar-refractivity contribution in [2.45, 2.75) is 51.5 Å². The molecule has 6 heteroatoms. The van der Waals surface area contributed by atoms with E-state index in [2.05, 4.69) is 6.92 Å². The molecule has 0 aromatic carbocycles. The first-order chi connectivity index (χ1) is 9.43. The molecule has 0 bridgehead atoms. The summed E-state index contributed by atoms with van der Waals surface area (Å²) in [7, 11) is 0. The zero-order valence-electron chi connectivity index (χ0n) is 12.1. The van der Waals surface area contributed by atoms with Gasteiger partial charge in [0.05, 0.1) is 5.54 Å². The molecule has 1 atom stereocenters. The van der Waals surface area contributed by atoms with E-state index in [4.69, 9.17) is 0 Å². The van der Waals surface area contributed by atoms with Crippen molar-refractivity contribution in [3.63, 3.8) is 0 Å². The van der Waals surface area contributed by atoms with Gasteiger partial charge in [0.15, 0.2) is 5.57 Å². The molecule has 1 amide bonds. The Morgan fingerprint density at radius 2 is 2.10 bits per heavy atom. The highest BCUT2D eigenvalue weighted by Gasteiger charge is 2.52. The Balaban J connectivity index is 2.35. The maximum atomic E-state index is 12.3. The Bertz CT molecular complexity index is 460. The van der Waals surface area contributed by atoms with Gasteiger partial charge in [-0.1, -0.05) is 19.8 Å². The van der Waals surface area contributed by atoms with E-state index in [0.29, 0.717) is 19.5 Å². The van der Waals surface area contributed by atoms with Gasteiger partial charge in [0.2, 0.25) is 0 Å². The van der Waals surface area contributed by atoms with Gasteiger partial charge in [0.1, 0.15) is 5.76 Å². The van der Waals surface area contributed by atoms with E-state index in [1.54, 1.807) is 6.92 Å². The number of hydrazine groups is 1. The molecule has 6 nitrogen and oxygen atoms in total. The van der Waals surface area contributed by atoms with Gasteiger partial charge in [-0.2, -0.15) is 0 Å². The summed E-state index contributed by atoms with van der Waals surface area (Å²) in [5.74, 6) is -2.23. The molecule has 0 spiro atoms. The molecule has 1 saturated heterocycles. The molecular formula is C14H22N2O4. The fourth-order valence-electron chi connectivity index (χ4n) is 3.11. The van der Waals surface area contributed by atoms with Crippen molar-refractivity contribution >= 4 is 11.9 Å². The minimum Gasteiger partial charge on any atom is -0.509 e. The van der Waals surface area contributed by atoms with Gasteiger partial charge >= 0.3 is 5.97 Å². The molecule has 0 aliphatic carbocycles. The smallest absolute Gasteiger partial charge is 0.344 e. The first-order valence-electron chi connectivity index (χ1n) is 7.20. The first kappa shape index (κ1) is 14.8. The van der Waals surface area contributed by atoms with Crippen LogP contribution in [0.15, 0.2) is 11.3 Å². The highest BCUT2D eigenvalue weighted by atomic mass is 16.4. The largest absolute Gasteiger partial charge is 0.509 e. The van der Waals surface area contributed by atoms with E-state index in [1.807, 2.05) is 5.01 Å². The molecule has 0 aromatic heterocycles. The fraction of sp³-hybridized carbons (Fsp3) is 0.714. The lowest BCUT2D eigenvalue weighted by atomic mass is 9.91. The number of rotatable bonds is 5. The molecule has 1 fully saturated rings. The Labute approximate surface area is 118 Å². The highest BCUT2D eigenvalue weighted by Crippen LogP contribution is 2.40. The summed E-state index contributed by atoms with van der Waals surface area (Å²) in [6, 6.07) is 0. The van der Waals surface area contributed by atoms with Gasteiger partial charge in [-0.15, -0.1) is 0 Å². The molecule has 112 valence electrons. The standard InChI is InChI=1S/C14H22N2O4/c1-3-4-5-8-15-12(18)10(13(19)20)11(17)14(2)7-6-9-16(14)15/h17H,3-9H2,1-2H3,(H,19,20). The molecule has 0 aromatic rings. The third-order valence-electron chi connectivity index (χ3n) is 4.28. The van der Waals surface area contributed by atoms with Gasteiger partial charge in [0, 0.05) is 13.1 Å². The zero-order valence-corrected chi connectivity index (χ0v) is 12.1. The fourth-order valence-corrected chi connectivity index (χ4v) is 3.11. The second-order valence-electron chi connectivity index (χ2n) is 5.66. The number of hydrogen-bond donors (Lipinski definition) is 2. The molecule has 0 saturated carbocycles. The maximum Gasteiger partial charge on any atom is 0.344 e. The second-order valence-corrected chi connectivity index (χ2v) is 5.66. The lowest BCUT2D eigenvalue weighted by Gasteiger charge is -2.46. The lowest BCUT2D eigenvalue weighted by Crippen LogP contribution is -2.60. The number of aliphatic carboxylic acids is 1. The average Bonchev–Trinajstić information content (AvgIpc) is 2.77. The van der Waals surface area contributed by atoms with Crippen molar-refractivity contribution in [1.29, 1.82) is 0 Å². The molecular weight excluding hydrogens is 260 g/mol. The van der Waals surface area contributed by atoms with Crippen molar-refractivity contribution in [1.82, 2.24) is 10.0 Å². The number of carbonyl (C=O) groups excluding carboxylic acids is 1. The van der Waals surface area contributed by atoms with Crippen molar-refractivity contribution in [2.75, 3.05) is 13.1 Å². The van der Waals surface area contributed by atoms with Crippen LogP contribution in [0, 0.1) is 0 Å². The highest BCUT2D eigenvalue weighted by molar-refractivity contribution is 6.16. The first-order valence-corrected chi connectivity index (χ1v) is 7.20. The zero-order chi connectivity index (χ0) is 14.9. The summed E-state index contributed by atoms with van der Waals surface area (Å²) in [4.78, 5) is 23.6. The van der Waals surface area contributed by atoms with Crippen LogP contribution < -0.4 is 0 Å². The van der Waals surface area contributed by atoms with Crippen LogP contribution in [0.2, 0.25) is 0 Å². The predicted molar refractivity (Wildman–Crippen MR) is 72.9 cm³/mol. The Kier molecular flexibility index (Phi) is 4.04. The van der Waals surface area contributed by atoms with Gasteiger partial charge in [0.25, 0.3) is 5.91 Å². The Morgan fingerprint density at radius 3 is 2.70 bits per heavy atom. The third kappa shape index (κ3) is 2.18. The molecule has 0 radical (unpaired) electrons. The monoisotopic (exact) mass is 282 g/mol. The molecule has 2 N–H and O–H groups in total. The van der Waals surface area contributed by atoms with Crippen LogP contribution in [0.25, 0.3) is 0 Å². The predicted octanol–water partition coefficient (Wildman–Crippen LogP) is 1.68. The summed E-state index contributed by atoms with van der Waals surface area (Å²) in [5.41, 5.74) is -1.23. The number of carboxylic acids is 1.